The van der Waals surface area contributed by atoms with Crippen LogP contribution >= 0.6 is 24.0 Å². The van der Waals surface area contributed by atoms with Gasteiger partial charge in [-0.3, -0.25) is 14.2 Å². The first-order chi connectivity index (χ1) is 8.22. The molecule has 5 nitrogen and oxygen atoms in total. The zero-order valence-corrected chi connectivity index (χ0v) is 10.6. The van der Waals surface area contributed by atoms with E-state index in [1.54, 1.807) is 6.07 Å². The molecule has 0 aliphatic rings. The van der Waals surface area contributed by atoms with Crippen LogP contribution in [0, 0.1) is 0 Å². The first kappa shape index (κ1) is 12.1. The quantitative estimate of drug-likeness (QED) is 0.795. The third-order valence-corrected chi connectivity index (χ3v) is 3.24. The Balaban J connectivity index is 2.21. The Hall–Kier alpha value is -1.34. The van der Waals surface area contributed by atoms with Gasteiger partial charge in [0.25, 0.3) is 5.56 Å². The molecule has 90 valence electrons. The van der Waals surface area contributed by atoms with Crippen LogP contribution in [0.1, 0.15) is 0 Å². The van der Waals surface area contributed by atoms with Crippen molar-refractivity contribution in [2.24, 2.45) is 0 Å². The summed E-state index contributed by atoms with van der Waals surface area (Å²) in [6, 6.07) is 1.72. The third-order valence-electron chi connectivity index (χ3n) is 2.20. The largest absolute Gasteiger partial charge is 0.354 e. The second-order valence-electron chi connectivity index (χ2n) is 3.39. The maximum Gasteiger partial charge on any atom is 0.262 e. The van der Waals surface area contributed by atoms with Crippen molar-refractivity contribution in [1.29, 1.82) is 0 Å². The lowest BCUT2D eigenvalue weighted by atomic mass is 10.4. The number of nitrogens with zero attached hydrogens (tertiary/aromatic N) is 2. The Kier molecular flexibility index (Phi) is 3.80. The normalized spacial score (nSPS) is 10.6. The molecule has 2 aromatic rings. The number of amides is 1. The number of thiophene rings is 1. The number of thiol groups is 1. The molecule has 0 saturated carbocycles. The lowest BCUT2D eigenvalue weighted by Gasteiger charge is -2.05. The van der Waals surface area contributed by atoms with Crippen LogP contribution < -0.4 is 10.9 Å². The molecule has 1 amide bonds. The molecule has 0 atom stereocenters. The van der Waals surface area contributed by atoms with E-state index in [-0.39, 0.29) is 18.0 Å². The van der Waals surface area contributed by atoms with Gasteiger partial charge >= 0.3 is 0 Å². The second-order valence-corrected chi connectivity index (χ2v) is 4.73. The molecule has 0 unspecified atom stereocenters. The zero-order valence-electron chi connectivity index (χ0n) is 8.92. The Morgan fingerprint density at radius 2 is 2.41 bits per heavy atom. The van der Waals surface area contributed by atoms with Gasteiger partial charge in [-0.2, -0.15) is 12.6 Å². The van der Waals surface area contributed by atoms with Crippen molar-refractivity contribution >= 4 is 40.1 Å². The standard InChI is InChI=1S/C10H11N3O2S2/c14-8(11-2-3-16)5-13-6-12-9-7(10(13)15)1-4-17-9/h1,4,6,16H,2-3,5H2,(H,11,14). The molecule has 0 spiro atoms. The Morgan fingerprint density at radius 1 is 1.59 bits per heavy atom. The molecule has 0 fully saturated rings. The zero-order chi connectivity index (χ0) is 12.3. The average Bonchev–Trinajstić information content (AvgIpc) is 2.79. The van der Waals surface area contributed by atoms with E-state index in [1.165, 1.54) is 22.2 Å². The van der Waals surface area contributed by atoms with E-state index in [4.69, 9.17) is 0 Å². The van der Waals surface area contributed by atoms with Gasteiger partial charge in [0, 0.05) is 12.3 Å². The van der Waals surface area contributed by atoms with Crippen LogP contribution in [0.2, 0.25) is 0 Å². The van der Waals surface area contributed by atoms with Gasteiger partial charge in [-0.15, -0.1) is 11.3 Å². The molecule has 0 bridgehead atoms. The predicted molar refractivity (Wildman–Crippen MR) is 70.7 cm³/mol. The lowest BCUT2D eigenvalue weighted by Crippen LogP contribution is -2.33. The van der Waals surface area contributed by atoms with Crippen LogP contribution in [-0.2, 0) is 11.3 Å². The number of rotatable bonds is 4. The minimum atomic E-state index is -0.211. The highest BCUT2D eigenvalue weighted by atomic mass is 32.1. The van der Waals surface area contributed by atoms with Crippen molar-refractivity contribution in [2.45, 2.75) is 6.54 Å². The maximum atomic E-state index is 11.9. The fraction of sp³-hybridized carbons (Fsp3) is 0.300. The van der Waals surface area contributed by atoms with E-state index >= 15 is 0 Å². The van der Waals surface area contributed by atoms with Crippen LogP contribution in [0.5, 0.6) is 0 Å². The SMILES string of the molecule is O=C(Cn1cnc2sccc2c1=O)NCCS. The van der Waals surface area contributed by atoms with Crippen LogP contribution in [0.15, 0.2) is 22.6 Å². The molecule has 7 heteroatoms. The number of carbonyl (C=O) groups excluding carboxylic acids is 1. The highest BCUT2D eigenvalue weighted by Gasteiger charge is 2.07. The van der Waals surface area contributed by atoms with Gasteiger partial charge in [-0.1, -0.05) is 0 Å². The van der Waals surface area contributed by atoms with Gasteiger partial charge in [-0.05, 0) is 11.4 Å². The fourth-order valence-electron chi connectivity index (χ4n) is 1.41. The first-order valence-corrected chi connectivity index (χ1v) is 6.54. The summed E-state index contributed by atoms with van der Waals surface area (Å²) in [5.74, 6) is 0.361. The number of fused-ring (bicyclic) bond motifs is 1. The summed E-state index contributed by atoms with van der Waals surface area (Å²) in [6.07, 6.45) is 1.40. The molecular weight excluding hydrogens is 258 g/mol. The molecule has 0 aliphatic heterocycles. The van der Waals surface area contributed by atoms with Crippen molar-refractivity contribution in [3.8, 4) is 0 Å². The molecular formula is C10H11N3O2S2. The maximum absolute atomic E-state index is 11.9. The second kappa shape index (κ2) is 5.33. The van der Waals surface area contributed by atoms with E-state index in [9.17, 15) is 9.59 Å². The molecule has 0 aromatic carbocycles. The Bertz CT molecular complexity index is 590. The number of aromatic nitrogens is 2. The van der Waals surface area contributed by atoms with Crippen molar-refractivity contribution in [1.82, 2.24) is 14.9 Å². The van der Waals surface area contributed by atoms with Crippen molar-refractivity contribution in [3.63, 3.8) is 0 Å². The topological polar surface area (TPSA) is 64.0 Å². The summed E-state index contributed by atoms with van der Waals surface area (Å²) in [7, 11) is 0. The van der Waals surface area contributed by atoms with Gasteiger partial charge < -0.3 is 5.32 Å². The van der Waals surface area contributed by atoms with E-state index in [0.29, 0.717) is 22.5 Å². The van der Waals surface area contributed by atoms with Crippen LogP contribution in [0.4, 0.5) is 0 Å². The monoisotopic (exact) mass is 269 g/mol. The minimum Gasteiger partial charge on any atom is -0.354 e. The molecule has 0 aliphatic carbocycles. The summed E-state index contributed by atoms with van der Waals surface area (Å²) in [5.41, 5.74) is -0.183. The molecule has 2 rings (SSSR count). The Labute approximate surface area is 107 Å². The molecule has 17 heavy (non-hydrogen) atoms. The number of carbonyl (C=O) groups is 1. The summed E-state index contributed by atoms with van der Waals surface area (Å²) < 4.78 is 1.31. The molecule has 1 N–H and O–H groups in total. The van der Waals surface area contributed by atoms with E-state index in [1.807, 2.05) is 5.38 Å². The average molecular weight is 269 g/mol. The summed E-state index contributed by atoms with van der Waals surface area (Å²) >= 11 is 5.40. The van der Waals surface area contributed by atoms with Gasteiger partial charge in [0.1, 0.15) is 11.4 Å². The van der Waals surface area contributed by atoms with Crippen molar-refractivity contribution in [3.05, 3.63) is 28.1 Å². The molecule has 2 aromatic heterocycles. The molecule has 0 radical (unpaired) electrons. The summed E-state index contributed by atoms with van der Waals surface area (Å²) in [5, 5.41) is 5.01. The fourth-order valence-corrected chi connectivity index (χ4v) is 2.25. The van der Waals surface area contributed by atoms with Crippen LogP contribution in [-0.4, -0.2) is 27.8 Å². The number of hydrogen-bond acceptors (Lipinski definition) is 5. The minimum absolute atomic E-state index is 0.00853. The van der Waals surface area contributed by atoms with E-state index < -0.39 is 0 Å². The van der Waals surface area contributed by atoms with Crippen molar-refractivity contribution < 1.29 is 4.79 Å². The smallest absolute Gasteiger partial charge is 0.262 e. The summed E-state index contributed by atoms with van der Waals surface area (Å²) in [4.78, 5) is 28.2. The third kappa shape index (κ3) is 2.67. The van der Waals surface area contributed by atoms with Gasteiger partial charge in [-0.25, -0.2) is 4.98 Å². The highest BCUT2D eigenvalue weighted by Crippen LogP contribution is 2.12. The van der Waals surface area contributed by atoms with Gasteiger partial charge in [0.05, 0.1) is 11.7 Å². The lowest BCUT2D eigenvalue weighted by molar-refractivity contribution is -0.121. The number of hydrogen-bond donors (Lipinski definition) is 2. The predicted octanol–water partition coefficient (Wildman–Crippen LogP) is 0.504. The highest BCUT2D eigenvalue weighted by molar-refractivity contribution is 7.80. The number of nitrogens with one attached hydrogen (secondary N) is 1. The van der Waals surface area contributed by atoms with Gasteiger partial charge in [0.15, 0.2) is 0 Å². The van der Waals surface area contributed by atoms with Gasteiger partial charge in [0.2, 0.25) is 5.91 Å². The first-order valence-electron chi connectivity index (χ1n) is 5.02. The molecule has 2 heterocycles. The van der Waals surface area contributed by atoms with E-state index in [0.717, 1.165) is 0 Å². The van der Waals surface area contributed by atoms with Crippen molar-refractivity contribution in [2.75, 3.05) is 12.3 Å². The summed E-state index contributed by atoms with van der Waals surface area (Å²) in [6.45, 7) is 0.482. The Morgan fingerprint density at radius 3 is 3.18 bits per heavy atom. The van der Waals surface area contributed by atoms with E-state index in [2.05, 4.69) is 22.9 Å². The molecule has 0 saturated heterocycles. The van der Waals surface area contributed by atoms with Crippen LogP contribution in [0.3, 0.4) is 0 Å². The van der Waals surface area contributed by atoms with Crippen LogP contribution in [0.25, 0.3) is 10.2 Å².